The van der Waals surface area contributed by atoms with E-state index in [0.717, 1.165) is 38.5 Å². The average Bonchev–Trinajstić information content (AvgIpc) is 2.96. The van der Waals surface area contributed by atoms with Crippen LogP contribution in [0.15, 0.2) is 12.1 Å². The van der Waals surface area contributed by atoms with Crippen LogP contribution in [-0.4, -0.2) is 61.3 Å². The van der Waals surface area contributed by atoms with Crippen molar-refractivity contribution >= 4 is 5.97 Å². The predicted molar refractivity (Wildman–Crippen MR) is 80.3 cm³/mol. The van der Waals surface area contributed by atoms with Gasteiger partial charge in [-0.15, -0.1) is 0 Å². The van der Waals surface area contributed by atoms with Gasteiger partial charge in [0.05, 0.1) is 20.3 Å². The molecule has 2 N–H and O–H groups in total. The summed E-state index contributed by atoms with van der Waals surface area (Å²) < 4.78 is 10.1. The fourth-order valence-corrected chi connectivity index (χ4v) is 2.56. The number of rotatable bonds is 6. The number of ether oxygens (including phenoxy) is 2. The number of nitrogens with zero attached hydrogens (tertiary/aromatic N) is 1. The number of carbonyl (C=O) groups is 1. The molecule has 0 spiro atoms. The molecule has 118 valence electrons. The number of methoxy groups -OCH3 is 1. The van der Waals surface area contributed by atoms with E-state index >= 15 is 0 Å². The van der Waals surface area contributed by atoms with Crippen molar-refractivity contribution in [3.8, 4) is 0 Å². The van der Waals surface area contributed by atoms with Crippen LogP contribution in [0.4, 0.5) is 0 Å². The molecule has 6 heteroatoms. The molecule has 0 aliphatic carbocycles. The van der Waals surface area contributed by atoms with Gasteiger partial charge in [0.1, 0.15) is 5.69 Å². The van der Waals surface area contributed by atoms with E-state index in [4.69, 9.17) is 4.74 Å². The van der Waals surface area contributed by atoms with E-state index in [0.29, 0.717) is 12.2 Å². The number of carbonyl (C=O) groups excluding carboxylic acids is 1. The molecule has 0 unspecified atom stereocenters. The van der Waals surface area contributed by atoms with Crippen LogP contribution in [0.5, 0.6) is 0 Å². The van der Waals surface area contributed by atoms with Crippen LogP contribution in [0.3, 0.4) is 0 Å². The van der Waals surface area contributed by atoms with Crippen molar-refractivity contribution < 1.29 is 14.3 Å². The maximum atomic E-state index is 11.4. The van der Waals surface area contributed by atoms with Gasteiger partial charge >= 0.3 is 5.97 Å². The number of aromatic amines is 1. The highest BCUT2D eigenvalue weighted by atomic mass is 16.5. The van der Waals surface area contributed by atoms with Crippen molar-refractivity contribution in [3.05, 3.63) is 23.5 Å². The second kappa shape index (κ2) is 7.06. The lowest BCUT2D eigenvalue weighted by molar-refractivity contribution is -0.00968. The number of aromatic nitrogens is 1. The van der Waals surface area contributed by atoms with Crippen LogP contribution in [0, 0.1) is 0 Å². The van der Waals surface area contributed by atoms with Gasteiger partial charge in [0.2, 0.25) is 0 Å². The zero-order chi connectivity index (χ0) is 15.3. The first-order chi connectivity index (χ1) is 10.0. The topological polar surface area (TPSA) is 66.6 Å². The highest BCUT2D eigenvalue weighted by Crippen LogP contribution is 2.15. The van der Waals surface area contributed by atoms with Gasteiger partial charge in [-0.1, -0.05) is 0 Å². The second-order valence-electron chi connectivity index (χ2n) is 5.90. The van der Waals surface area contributed by atoms with Crippen LogP contribution < -0.4 is 5.32 Å². The van der Waals surface area contributed by atoms with Crippen molar-refractivity contribution in [2.45, 2.75) is 25.9 Å². The summed E-state index contributed by atoms with van der Waals surface area (Å²) in [6.45, 7) is 9.61. The quantitative estimate of drug-likeness (QED) is 0.767. The Kier molecular flexibility index (Phi) is 5.39. The first-order valence-electron chi connectivity index (χ1n) is 7.32. The van der Waals surface area contributed by atoms with Crippen molar-refractivity contribution in [1.82, 2.24) is 15.2 Å². The molecule has 1 fully saturated rings. The van der Waals surface area contributed by atoms with Crippen LogP contribution >= 0.6 is 0 Å². The lowest BCUT2D eigenvalue weighted by Gasteiger charge is -2.41. The number of morpholine rings is 1. The molecule has 0 aromatic carbocycles. The van der Waals surface area contributed by atoms with Gasteiger partial charge in [-0.05, 0) is 26.0 Å². The second-order valence-corrected chi connectivity index (χ2v) is 5.90. The summed E-state index contributed by atoms with van der Waals surface area (Å²) in [6, 6.07) is 3.65. The Bertz CT molecular complexity index is 464. The Morgan fingerprint density at radius 3 is 2.81 bits per heavy atom. The van der Waals surface area contributed by atoms with Crippen LogP contribution in [0.1, 0.15) is 30.0 Å². The molecular weight excluding hydrogens is 270 g/mol. The normalized spacial score (nSPS) is 16.9. The predicted octanol–water partition coefficient (Wildman–Crippen LogP) is 1.00. The number of hydrogen-bond donors (Lipinski definition) is 2. The van der Waals surface area contributed by atoms with Crippen molar-refractivity contribution in [2.24, 2.45) is 0 Å². The Balaban J connectivity index is 1.80. The van der Waals surface area contributed by atoms with Crippen molar-refractivity contribution in [1.29, 1.82) is 0 Å². The molecule has 0 amide bonds. The third-order valence-corrected chi connectivity index (χ3v) is 3.89. The Morgan fingerprint density at radius 1 is 1.43 bits per heavy atom. The highest BCUT2D eigenvalue weighted by molar-refractivity contribution is 5.87. The van der Waals surface area contributed by atoms with Gasteiger partial charge in [-0.3, -0.25) is 4.90 Å². The zero-order valence-electron chi connectivity index (χ0n) is 13.1. The molecule has 1 saturated heterocycles. The van der Waals surface area contributed by atoms with E-state index < -0.39 is 0 Å². The summed E-state index contributed by atoms with van der Waals surface area (Å²) in [4.78, 5) is 16.9. The maximum absolute atomic E-state index is 11.4. The molecule has 6 nitrogen and oxygen atoms in total. The molecule has 1 aromatic heterocycles. The van der Waals surface area contributed by atoms with Gasteiger partial charge in [-0.2, -0.15) is 0 Å². The smallest absolute Gasteiger partial charge is 0.354 e. The largest absolute Gasteiger partial charge is 0.464 e. The van der Waals surface area contributed by atoms with Crippen molar-refractivity contribution in [2.75, 3.05) is 40.0 Å². The Morgan fingerprint density at radius 2 is 2.14 bits per heavy atom. The average molecular weight is 295 g/mol. The lowest BCUT2D eigenvalue weighted by atomic mass is 10.0. The minimum absolute atomic E-state index is 0.0849. The fourth-order valence-electron chi connectivity index (χ4n) is 2.56. The number of nitrogens with one attached hydrogen (secondary N) is 2. The summed E-state index contributed by atoms with van der Waals surface area (Å²) in [6.07, 6.45) is 0. The number of H-pyrrole nitrogens is 1. The molecule has 0 saturated carbocycles. The SMILES string of the molecule is COC(=O)c1ccc(CNCC(C)(C)N2CCOCC2)[nH]1. The van der Waals surface area contributed by atoms with Crippen LogP contribution in [0.25, 0.3) is 0 Å². The lowest BCUT2D eigenvalue weighted by Crippen LogP contribution is -2.54. The monoisotopic (exact) mass is 295 g/mol. The van der Waals surface area contributed by atoms with Gasteiger partial charge in [0.25, 0.3) is 0 Å². The van der Waals surface area contributed by atoms with E-state index in [2.05, 4.69) is 33.8 Å². The minimum Gasteiger partial charge on any atom is -0.464 e. The van der Waals surface area contributed by atoms with Gasteiger partial charge in [-0.25, -0.2) is 4.79 Å². The Hall–Kier alpha value is -1.37. The summed E-state index contributed by atoms with van der Waals surface area (Å²) >= 11 is 0. The molecule has 0 atom stereocenters. The Labute approximate surface area is 125 Å². The molecular formula is C15H25N3O3. The van der Waals surface area contributed by atoms with E-state index in [1.165, 1.54) is 7.11 Å². The van der Waals surface area contributed by atoms with Gasteiger partial charge in [0.15, 0.2) is 0 Å². The molecule has 1 aliphatic rings. The van der Waals surface area contributed by atoms with E-state index in [1.807, 2.05) is 6.07 Å². The molecule has 21 heavy (non-hydrogen) atoms. The van der Waals surface area contributed by atoms with Crippen LogP contribution in [0.2, 0.25) is 0 Å². The summed E-state index contributed by atoms with van der Waals surface area (Å²) in [7, 11) is 1.38. The molecule has 0 bridgehead atoms. The highest BCUT2D eigenvalue weighted by Gasteiger charge is 2.27. The van der Waals surface area contributed by atoms with E-state index in [-0.39, 0.29) is 11.5 Å². The third kappa shape index (κ3) is 4.30. The first kappa shape index (κ1) is 16.0. The molecule has 0 radical (unpaired) electrons. The van der Waals surface area contributed by atoms with E-state index in [9.17, 15) is 4.79 Å². The molecule has 2 heterocycles. The fraction of sp³-hybridized carbons (Fsp3) is 0.667. The third-order valence-electron chi connectivity index (χ3n) is 3.89. The van der Waals surface area contributed by atoms with Crippen LogP contribution in [-0.2, 0) is 16.0 Å². The zero-order valence-corrected chi connectivity index (χ0v) is 13.1. The van der Waals surface area contributed by atoms with Gasteiger partial charge in [0, 0.05) is 37.4 Å². The van der Waals surface area contributed by atoms with E-state index in [1.54, 1.807) is 6.07 Å². The standard InChI is InChI=1S/C15H25N3O3/c1-15(2,18-6-8-21-9-7-18)11-16-10-12-4-5-13(17-12)14(19)20-3/h4-5,16-17H,6-11H2,1-3H3. The summed E-state index contributed by atoms with van der Waals surface area (Å²) in [5, 5.41) is 3.44. The first-order valence-corrected chi connectivity index (χ1v) is 7.32. The summed E-state index contributed by atoms with van der Waals surface area (Å²) in [5.74, 6) is -0.338. The molecule has 1 aromatic rings. The minimum atomic E-state index is -0.338. The molecule has 2 rings (SSSR count). The van der Waals surface area contributed by atoms with Crippen molar-refractivity contribution in [3.63, 3.8) is 0 Å². The summed E-state index contributed by atoms with van der Waals surface area (Å²) in [5.41, 5.74) is 1.55. The number of esters is 1. The number of hydrogen-bond acceptors (Lipinski definition) is 5. The molecule has 1 aliphatic heterocycles. The van der Waals surface area contributed by atoms with Gasteiger partial charge < -0.3 is 19.8 Å². The maximum Gasteiger partial charge on any atom is 0.354 e.